The lowest BCUT2D eigenvalue weighted by molar-refractivity contribution is 0.102. The summed E-state index contributed by atoms with van der Waals surface area (Å²) in [5, 5.41) is 9.66. The highest BCUT2D eigenvalue weighted by molar-refractivity contribution is 7.99. The van der Waals surface area contributed by atoms with E-state index >= 15 is 0 Å². The lowest BCUT2D eigenvalue weighted by Gasteiger charge is -2.10. The second kappa shape index (κ2) is 6.75. The molecule has 0 aliphatic carbocycles. The van der Waals surface area contributed by atoms with E-state index in [9.17, 15) is 4.79 Å². The molecule has 0 unspecified atom stereocenters. The van der Waals surface area contributed by atoms with Gasteiger partial charge in [-0.1, -0.05) is 52.7 Å². The van der Waals surface area contributed by atoms with E-state index in [4.69, 9.17) is 23.2 Å². The Hall–Kier alpha value is -1.56. The van der Waals surface area contributed by atoms with Crippen LogP contribution in [0.1, 0.15) is 27.0 Å². The first-order valence-electron chi connectivity index (χ1n) is 7.30. The van der Waals surface area contributed by atoms with Gasteiger partial charge in [-0.15, -0.1) is 10.2 Å². The monoisotopic (exact) mass is 379 g/mol. The van der Waals surface area contributed by atoms with E-state index in [-0.39, 0.29) is 11.5 Å². The third-order valence-electron chi connectivity index (χ3n) is 3.68. The quantitative estimate of drug-likeness (QED) is 0.475. The van der Waals surface area contributed by atoms with Gasteiger partial charge < -0.3 is 0 Å². The molecule has 0 amide bonds. The van der Waals surface area contributed by atoms with Crippen molar-refractivity contribution in [2.75, 3.05) is 5.75 Å². The number of thioether (sulfide) groups is 1. The van der Waals surface area contributed by atoms with Crippen LogP contribution in [0.25, 0.3) is 5.65 Å². The van der Waals surface area contributed by atoms with Gasteiger partial charge in [-0.3, -0.25) is 9.20 Å². The summed E-state index contributed by atoms with van der Waals surface area (Å²) in [5.41, 5.74) is 4.45. The van der Waals surface area contributed by atoms with E-state index in [1.165, 1.54) is 11.8 Å². The number of hydrogen-bond acceptors (Lipinski definition) is 4. The first kappa shape index (κ1) is 17.3. The van der Waals surface area contributed by atoms with E-state index in [1.807, 2.05) is 32.9 Å². The second-order valence-electron chi connectivity index (χ2n) is 5.67. The molecule has 0 N–H and O–H groups in total. The highest BCUT2D eigenvalue weighted by Crippen LogP contribution is 2.26. The minimum absolute atomic E-state index is 0.0693. The van der Waals surface area contributed by atoms with E-state index in [1.54, 1.807) is 16.7 Å². The van der Waals surface area contributed by atoms with Crippen LogP contribution in [-0.4, -0.2) is 26.1 Å². The Morgan fingerprint density at radius 3 is 2.46 bits per heavy atom. The molecule has 0 saturated carbocycles. The van der Waals surface area contributed by atoms with Gasteiger partial charge in [0.15, 0.2) is 16.6 Å². The Bertz CT molecular complexity index is 929. The van der Waals surface area contributed by atoms with Crippen LogP contribution in [0.5, 0.6) is 0 Å². The van der Waals surface area contributed by atoms with Crippen LogP contribution in [0.15, 0.2) is 29.6 Å². The summed E-state index contributed by atoms with van der Waals surface area (Å²) in [4.78, 5) is 12.6. The Kier molecular flexibility index (Phi) is 4.85. The Morgan fingerprint density at radius 1 is 1.12 bits per heavy atom. The maximum Gasteiger partial charge on any atom is 0.196 e. The molecule has 4 nitrogen and oxygen atoms in total. The van der Waals surface area contributed by atoms with Crippen molar-refractivity contribution in [1.82, 2.24) is 14.6 Å². The largest absolute Gasteiger partial charge is 0.293 e. The number of benzene rings is 1. The summed E-state index contributed by atoms with van der Waals surface area (Å²) >= 11 is 13.5. The smallest absolute Gasteiger partial charge is 0.196 e. The van der Waals surface area contributed by atoms with Crippen molar-refractivity contribution in [3.8, 4) is 0 Å². The zero-order chi connectivity index (χ0) is 17.4. The number of Topliss-reactive ketones (excluding diaryl/α,β-unsaturated/α-hetero) is 1. The summed E-state index contributed by atoms with van der Waals surface area (Å²) in [5.74, 6) is 0.343. The predicted octanol–water partition coefficient (Wildman–Crippen LogP) is 4.94. The number of rotatable bonds is 4. The van der Waals surface area contributed by atoms with Crippen molar-refractivity contribution in [2.24, 2.45) is 0 Å². The van der Waals surface area contributed by atoms with Gasteiger partial charge in [0.25, 0.3) is 0 Å². The van der Waals surface area contributed by atoms with Crippen LogP contribution < -0.4 is 0 Å². The van der Waals surface area contributed by atoms with Crippen molar-refractivity contribution in [1.29, 1.82) is 0 Å². The average molecular weight is 380 g/mol. The normalized spacial score (nSPS) is 11.2. The summed E-state index contributed by atoms with van der Waals surface area (Å²) < 4.78 is 1.71. The minimum atomic E-state index is 0.0693. The third-order valence-corrected chi connectivity index (χ3v) is 5.11. The number of nitrogens with zero attached hydrogens (tertiary/aromatic N) is 3. The lowest BCUT2D eigenvalue weighted by atomic mass is 9.97. The molecule has 0 radical (unpaired) electrons. The Labute approximate surface area is 154 Å². The van der Waals surface area contributed by atoms with Gasteiger partial charge in [0, 0.05) is 11.8 Å². The van der Waals surface area contributed by atoms with Gasteiger partial charge in [-0.2, -0.15) is 0 Å². The van der Waals surface area contributed by atoms with Gasteiger partial charge in [-0.25, -0.2) is 0 Å². The average Bonchev–Trinajstić information content (AvgIpc) is 2.87. The van der Waals surface area contributed by atoms with Crippen LogP contribution in [0.2, 0.25) is 10.0 Å². The van der Waals surface area contributed by atoms with E-state index in [0.717, 1.165) is 22.3 Å². The van der Waals surface area contributed by atoms with E-state index < -0.39 is 0 Å². The van der Waals surface area contributed by atoms with Crippen LogP contribution in [0.4, 0.5) is 0 Å². The number of carbonyl (C=O) groups excluding carboxylic acids is 1. The highest BCUT2D eigenvalue weighted by atomic mass is 35.5. The van der Waals surface area contributed by atoms with Crippen molar-refractivity contribution in [3.05, 3.63) is 56.7 Å². The molecule has 0 aliphatic heterocycles. The van der Waals surface area contributed by atoms with Crippen molar-refractivity contribution in [3.63, 3.8) is 0 Å². The Balaban J connectivity index is 1.85. The van der Waals surface area contributed by atoms with Crippen LogP contribution in [0.3, 0.4) is 0 Å². The van der Waals surface area contributed by atoms with Crippen LogP contribution in [-0.2, 0) is 0 Å². The zero-order valence-electron chi connectivity index (χ0n) is 13.4. The maximum atomic E-state index is 12.6. The van der Waals surface area contributed by atoms with Gasteiger partial charge in [-0.05, 0) is 38.0 Å². The second-order valence-corrected chi connectivity index (χ2v) is 7.45. The molecule has 2 heterocycles. The molecule has 0 spiro atoms. The number of ketones is 1. The lowest BCUT2D eigenvalue weighted by Crippen LogP contribution is -2.08. The fourth-order valence-electron chi connectivity index (χ4n) is 2.82. The highest BCUT2D eigenvalue weighted by Gasteiger charge is 2.16. The minimum Gasteiger partial charge on any atom is -0.293 e. The van der Waals surface area contributed by atoms with Crippen molar-refractivity contribution < 1.29 is 4.79 Å². The molecule has 0 aliphatic rings. The van der Waals surface area contributed by atoms with Crippen molar-refractivity contribution in [2.45, 2.75) is 25.9 Å². The molecule has 1 aromatic carbocycles. The number of hydrogen-bond donors (Lipinski definition) is 0. The number of aromatic nitrogens is 3. The number of fused-ring (bicyclic) bond motifs is 1. The summed E-state index contributed by atoms with van der Waals surface area (Å²) in [7, 11) is 0. The molecule has 24 heavy (non-hydrogen) atoms. The van der Waals surface area contributed by atoms with E-state index in [2.05, 4.69) is 10.2 Å². The summed E-state index contributed by atoms with van der Waals surface area (Å²) in [6, 6.07) is 5.67. The molecule has 124 valence electrons. The number of pyridine rings is 1. The molecule has 0 saturated heterocycles. The number of halogens is 2. The third kappa shape index (κ3) is 3.29. The van der Waals surface area contributed by atoms with Gasteiger partial charge in [0.2, 0.25) is 0 Å². The van der Waals surface area contributed by atoms with Gasteiger partial charge >= 0.3 is 0 Å². The van der Waals surface area contributed by atoms with Gasteiger partial charge in [0.05, 0.1) is 15.8 Å². The topological polar surface area (TPSA) is 47.3 Å². The molecule has 3 aromatic rings. The zero-order valence-corrected chi connectivity index (χ0v) is 15.8. The van der Waals surface area contributed by atoms with Crippen LogP contribution in [0, 0.1) is 20.8 Å². The van der Waals surface area contributed by atoms with E-state index in [0.29, 0.717) is 20.8 Å². The molecule has 0 fully saturated rings. The molecule has 0 bridgehead atoms. The van der Waals surface area contributed by atoms with Crippen molar-refractivity contribution >= 4 is 46.4 Å². The summed E-state index contributed by atoms with van der Waals surface area (Å²) in [6.45, 7) is 5.95. The first-order chi connectivity index (χ1) is 11.4. The molecular formula is C17H15Cl2N3OS. The number of carbonyl (C=O) groups is 1. The number of aryl methyl sites for hydroxylation is 3. The molecule has 2 aromatic heterocycles. The Morgan fingerprint density at radius 2 is 1.79 bits per heavy atom. The molecule has 7 heteroatoms. The molecular weight excluding hydrogens is 365 g/mol. The van der Waals surface area contributed by atoms with Gasteiger partial charge in [0.1, 0.15) is 0 Å². The predicted molar refractivity (Wildman–Crippen MR) is 98.7 cm³/mol. The SMILES string of the molecule is Cc1cc(C)c(C(=O)CSc2nnc3c(Cl)cc(Cl)cn23)c(C)c1. The summed E-state index contributed by atoms with van der Waals surface area (Å²) in [6.07, 6.45) is 1.69. The fourth-order valence-corrected chi connectivity index (χ4v) is 4.11. The van der Waals surface area contributed by atoms with Crippen LogP contribution >= 0.6 is 35.0 Å². The first-order valence-corrected chi connectivity index (χ1v) is 9.04. The molecule has 3 rings (SSSR count). The standard InChI is InChI=1S/C17H15Cl2N3OS/c1-9-4-10(2)15(11(3)5-9)14(23)8-24-17-21-20-16-13(19)6-12(18)7-22(16)17/h4-7H,8H2,1-3H3. The maximum absolute atomic E-state index is 12.6. The molecule has 0 atom stereocenters. The fraction of sp³-hybridized carbons (Fsp3) is 0.235.